The van der Waals surface area contributed by atoms with Gasteiger partial charge in [-0.1, -0.05) is 37.3 Å². The van der Waals surface area contributed by atoms with E-state index in [0.717, 1.165) is 12.0 Å². The van der Waals surface area contributed by atoms with Crippen LogP contribution in [0.2, 0.25) is 0 Å². The molecule has 0 radical (unpaired) electrons. The van der Waals surface area contributed by atoms with Crippen molar-refractivity contribution in [1.29, 1.82) is 0 Å². The van der Waals surface area contributed by atoms with Crippen LogP contribution < -0.4 is 0 Å². The number of aliphatic carboxylic acids is 1. The fraction of sp³-hybridized carbons (Fsp3) is 0.467. The second-order valence-corrected chi connectivity index (χ2v) is 5.27. The van der Waals surface area contributed by atoms with Gasteiger partial charge < -0.3 is 9.84 Å². The van der Waals surface area contributed by atoms with Crippen molar-refractivity contribution in [2.75, 3.05) is 7.05 Å². The average molecular weight is 277 g/mol. The number of carbonyl (C=O) groups is 2. The predicted molar refractivity (Wildman–Crippen MR) is 73.2 cm³/mol. The summed E-state index contributed by atoms with van der Waals surface area (Å²) in [6, 6.07) is 9.31. The molecule has 5 heteroatoms. The van der Waals surface area contributed by atoms with E-state index in [1.807, 2.05) is 37.3 Å². The molecule has 1 amide bonds. The number of nitrogens with zero attached hydrogens (tertiary/aromatic N) is 1. The molecule has 0 heterocycles. The minimum atomic E-state index is -1.12. The van der Waals surface area contributed by atoms with Gasteiger partial charge in [0.1, 0.15) is 12.1 Å². The molecular formula is C15H19NO4. The molecule has 1 fully saturated rings. The molecular weight excluding hydrogens is 258 g/mol. The quantitative estimate of drug-likeness (QED) is 0.918. The first-order valence-electron chi connectivity index (χ1n) is 6.66. The van der Waals surface area contributed by atoms with Crippen molar-refractivity contribution in [2.24, 2.45) is 5.92 Å². The second kappa shape index (κ2) is 5.53. The Bertz CT molecular complexity index is 502. The molecule has 1 aromatic carbocycles. The van der Waals surface area contributed by atoms with Crippen molar-refractivity contribution in [3.8, 4) is 0 Å². The first-order valence-corrected chi connectivity index (χ1v) is 6.66. The number of ether oxygens (including phenoxy) is 1. The lowest BCUT2D eigenvalue weighted by Crippen LogP contribution is -2.64. The zero-order chi connectivity index (χ0) is 14.8. The minimum absolute atomic E-state index is 0.0609. The van der Waals surface area contributed by atoms with Gasteiger partial charge in [-0.2, -0.15) is 0 Å². The van der Waals surface area contributed by atoms with Crippen LogP contribution in [-0.4, -0.2) is 34.7 Å². The molecule has 2 rings (SSSR count). The maximum atomic E-state index is 12.0. The van der Waals surface area contributed by atoms with Gasteiger partial charge in [-0.05, 0) is 24.3 Å². The Kier molecular flexibility index (Phi) is 3.97. The van der Waals surface area contributed by atoms with Gasteiger partial charge >= 0.3 is 12.1 Å². The fourth-order valence-corrected chi connectivity index (χ4v) is 2.64. The van der Waals surface area contributed by atoms with Gasteiger partial charge in [0.15, 0.2) is 0 Å². The first kappa shape index (κ1) is 14.4. The molecule has 108 valence electrons. The number of carbonyl (C=O) groups excluding carboxylic acids is 1. The molecule has 1 aliphatic rings. The topological polar surface area (TPSA) is 66.8 Å². The minimum Gasteiger partial charge on any atom is -0.479 e. The lowest BCUT2D eigenvalue weighted by atomic mass is 9.66. The van der Waals surface area contributed by atoms with Crippen molar-refractivity contribution in [1.82, 2.24) is 4.90 Å². The Hall–Kier alpha value is -2.04. The van der Waals surface area contributed by atoms with Gasteiger partial charge in [0.05, 0.1) is 0 Å². The third-order valence-electron chi connectivity index (χ3n) is 4.22. The van der Waals surface area contributed by atoms with Crippen molar-refractivity contribution in [3.63, 3.8) is 0 Å². The smallest absolute Gasteiger partial charge is 0.410 e. The third-order valence-corrected chi connectivity index (χ3v) is 4.22. The summed E-state index contributed by atoms with van der Waals surface area (Å²) < 4.78 is 5.19. The second-order valence-electron chi connectivity index (χ2n) is 5.27. The van der Waals surface area contributed by atoms with Gasteiger partial charge in [0.25, 0.3) is 0 Å². The van der Waals surface area contributed by atoms with Crippen molar-refractivity contribution < 1.29 is 19.4 Å². The highest BCUT2D eigenvalue weighted by Crippen LogP contribution is 2.43. The molecule has 0 aromatic heterocycles. The van der Waals surface area contributed by atoms with Crippen molar-refractivity contribution >= 4 is 12.1 Å². The summed E-state index contributed by atoms with van der Waals surface area (Å²) in [6.07, 6.45) is 0.686. The summed E-state index contributed by atoms with van der Waals surface area (Å²) in [5, 5.41) is 9.41. The highest BCUT2D eigenvalue weighted by Gasteiger charge is 2.55. The molecule has 2 unspecified atom stereocenters. The highest BCUT2D eigenvalue weighted by atomic mass is 16.6. The maximum Gasteiger partial charge on any atom is 0.410 e. The van der Waals surface area contributed by atoms with E-state index in [2.05, 4.69) is 0 Å². The van der Waals surface area contributed by atoms with Gasteiger partial charge in [-0.25, -0.2) is 9.59 Å². The molecule has 0 saturated heterocycles. The summed E-state index contributed by atoms with van der Waals surface area (Å²) >= 11 is 0. The van der Waals surface area contributed by atoms with Gasteiger partial charge in [-0.15, -0.1) is 0 Å². The maximum absolute atomic E-state index is 12.0. The molecule has 20 heavy (non-hydrogen) atoms. The lowest BCUT2D eigenvalue weighted by Gasteiger charge is -2.49. The number of amides is 1. The molecule has 1 aliphatic carbocycles. The van der Waals surface area contributed by atoms with Crippen molar-refractivity contribution in [3.05, 3.63) is 35.9 Å². The summed E-state index contributed by atoms with van der Waals surface area (Å²) in [4.78, 5) is 24.8. The molecule has 1 N–H and O–H groups in total. The number of benzene rings is 1. The SMILES string of the molecule is CC1CCC1(C(=O)O)N(C)C(=O)OCc1ccccc1. The summed E-state index contributed by atoms with van der Waals surface area (Å²) in [7, 11) is 1.50. The number of hydrogen-bond acceptors (Lipinski definition) is 3. The Balaban J connectivity index is 2.00. The number of carboxylic acids is 1. The van der Waals surface area contributed by atoms with Crippen LogP contribution in [0.25, 0.3) is 0 Å². The lowest BCUT2D eigenvalue weighted by molar-refractivity contribution is -0.161. The van der Waals surface area contributed by atoms with Gasteiger partial charge in [0, 0.05) is 7.05 Å². The predicted octanol–water partition coefficient (Wildman–Crippen LogP) is 2.51. The number of rotatable bonds is 4. The monoisotopic (exact) mass is 277 g/mol. The average Bonchev–Trinajstić information content (AvgIpc) is 2.44. The van der Waals surface area contributed by atoms with E-state index in [1.165, 1.54) is 11.9 Å². The summed E-state index contributed by atoms with van der Waals surface area (Å²) in [6.45, 7) is 1.99. The van der Waals surface area contributed by atoms with Crippen LogP contribution in [0.1, 0.15) is 25.3 Å². The molecule has 0 spiro atoms. The fourth-order valence-electron chi connectivity index (χ4n) is 2.64. The van der Waals surface area contributed by atoms with Gasteiger partial charge in [-0.3, -0.25) is 4.90 Å². The van der Waals surface area contributed by atoms with E-state index >= 15 is 0 Å². The van der Waals surface area contributed by atoms with Crippen LogP contribution in [0, 0.1) is 5.92 Å². The van der Waals surface area contributed by atoms with E-state index < -0.39 is 17.6 Å². The number of hydrogen-bond donors (Lipinski definition) is 1. The van der Waals surface area contributed by atoms with Crippen LogP contribution in [-0.2, 0) is 16.1 Å². The molecule has 5 nitrogen and oxygen atoms in total. The Morgan fingerprint density at radius 3 is 2.50 bits per heavy atom. The normalized spacial score (nSPS) is 24.6. The molecule has 2 atom stereocenters. The van der Waals surface area contributed by atoms with E-state index in [-0.39, 0.29) is 12.5 Å². The van der Waals surface area contributed by atoms with Crippen LogP contribution in [0.3, 0.4) is 0 Å². The van der Waals surface area contributed by atoms with E-state index in [1.54, 1.807) is 0 Å². The highest BCUT2D eigenvalue weighted by molar-refractivity contribution is 5.85. The van der Waals surface area contributed by atoms with E-state index in [0.29, 0.717) is 6.42 Å². The largest absolute Gasteiger partial charge is 0.479 e. The molecule has 0 bridgehead atoms. The summed E-state index contributed by atoms with van der Waals surface area (Å²) in [5.74, 6) is -1.02. The first-order chi connectivity index (χ1) is 9.48. The van der Waals surface area contributed by atoms with Gasteiger partial charge in [0.2, 0.25) is 0 Å². The molecule has 0 aliphatic heterocycles. The summed E-state index contributed by atoms with van der Waals surface area (Å²) in [5.41, 5.74) is -0.242. The van der Waals surface area contributed by atoms with Crippen molar-refractivity contribution in [2.45, 2.75) is 31.9 Å². The Morgan fingerprint density at radius 2 is 2.05 bits per heavy atom. The van der Waals surface area contributed by atoms with Crippen LogP contribution in [0.4, 0.5) is 4.79 Å². The van der Waals surface area contributed by atoms with E-state index in [9.17, 15) is 14.7 Å². The standard InChI is InChI=1S/C15H19NO4/c1-11-8-9-15(11,13(17)18)16(2)14(19)20-10-12-6-4-3-5-7-12/h3-7,11H,8-10H2,1-2H3,(H,17,18). The molecule has 1 saturated carbocycles. The number of likely N-dealkylation sites (N-methyl/N-ethyl adjacent to an activating group) is 1. The van der Waals surface area contributed by atoms with Crippen LogP contribution in [0.5, 0.6) is 0 Å². The van der Waals surface area contributed by atoms with Crippen LogP contribution in [0.15, 0.2) is 30.3 Å². The Labute approximate surface area is 118 Å². The Morgan fingerprint density at radius 1 is 1.40 bits per heavy atom. The third kappa shape index (κ3) is 2.35. The van der Waals surface area contributed by atoms with E-state index in [4.69, 9.17) is 4.74 Å². The zero-order valence-corrected chi connectivity index (χ0v) is 11.7. The van der Waals surface area contributed by atoms with Crippen LogP contribution >= 0.6 is 0 Å². The number of carboxylic acid groups (broad SMARTS) is 1. The molecule has 1 aromatic rings. The zero-order valence-electron chi connectivity index (χ0n) is 11.7.